The van der Waals surface area contributed by atoms with Crippen molar-refractivity contribution < 1.29 is 58.2 Å². The molecule has 0 spiro atoms. The molecule has 0 radical (unpaired) electrons. The van der Waals surface area contributed by atoms with Crippen molar-refractivity contribution in [3.8, 4) is 0 Å². The third kappa shape index (κ3) is 20.9. The zero-order valence-electron chi connectivity index (χ0n) is 43.5. The standard InChI is InChI=1S/C46H81N13O12S3/c1-23(2)19-29(38(63)56-32(22-73)45(70)71)53-37(62)27(11-8-15-50-46(48)49)51-41(66)33-12-9-16-58(33)43(68)28(14-18-74-7)52-42(67)34-13-10-17-59(34)44(69)35(26(6)60)57-39(64)30(20-24(3)4)54-40(65)31(21-72)55-36(61)25(5)47/h23-35,60,72-73H,8-22,47H2,1-7H3,(H,51,66)(H,52,67)(H,53,62)(H,54,65)(H,55,61)(H,56,63)(H,57,64)(H,70,71)(H4,48,49,50)/t25-,26+,27-,28-,29-,30-,31-,32-,33-,34-,35-/m0/s1. The van der Waals surface area contributed by atoms with E-state index in [4.69, 9.17) is 17.2 Å². The van der Waals surface area contributed by atoms with E-state index in [0.29, 0.717) is 18.6 Å². The van der Waals surface area contributed by atoms with Gasteiger partial charge in [0.05, 0.1) is 12.1 Å². The first kappa shape index (κ1) is 65.1. The molecule has 0 aromatic heterocycles. The van der Waals surface area contributed by atoms with Gasteiger partial charge >= 0.3 is 5.97 Å². The number of carbonyl (C=O) groups is 10. The van der Waals surface area contributed by atoms with Crippen LogP contribution in [0.25, 0.3) is 0 Å². The number of carboxylic acid groups (broad SMARTS) is 1. The van der Waals surface area contributed by atoms with Crippen LogP contribution in [0.5, 0.6) is 0 Å². The molecule has 0 bridgehead atoms. The number of carboxylic acids is 1. The number of hydrogen-bond acceptors (Lipinski definition) is 16. The van der Waals surface area contributed by atoms with Crippen LogP contribution in [0, 0.1) is 11.8 Å². The van der Waals surface area contributed by atoms with Gasteiger partial charge in [-0.05, 0) is 95.5 Å². The first-order valence-corrected chi connectivity index (χ1v) is 27.6. The molecule has 420 valence electrons. The lowest BCUT2D eigenvalue weighted by Crippen LogP contribution is -2.62. The van der Waals surface area contributed by atoms with Gasteiger partial charge < -0.3 is 74.4 Å². The van der Waals surface area contributed by atoms with Crippen LogP contribution in [-0.4, -0.2) is 195 Å². The molecule has 74 heavy (non-hydrogen) atoms. The van der Waals surface area contributed by atoms with Crippen molar-refractivity contribution in [2.75, 3.05) is 43.1 Å². The van der Waals surface area contributed by atoms with Gasteiger partial charge in [-0.15, -0.1) is 0 Å². The Morgan fingerprint density at radius 1 is 0.622 bits per heavy atom. The molecule has 28 heteroatoms. The van der Waals surface area contributed by atoms with Crippen LogP contribution in [-0.2, 0) is 47.9 Å². The van der Waals surface area contributed by atoms with Crippen molar-refractivity contribution in [3.63, 3.8) is 0 Å². The van der Waals surface area contributed by atoms with Gasteiger partial charge in [-0.3, -0.25) is 48.1 Å². The predicted molar refractivity (Wildman–Crippen MR) is 285 cm³/mol. The Labute approximate surface area is 448 Å². The zero-order chi connectivity index (χ0) is 56.0. The zero-order valence-corrected chi connectivity index (χ0v) is 46.1. The van der Waals surface area contributed by atoms with Gasteiger partial charge in [0, 0.05) is 31.1 Å². The minimum atomic E-state index is -1.56. The number of hydrogen-bond donors (Lipinski definition) is 14. The van der Waals surface area contributed by atoms with Crippen molar-refractivity contribution in [3.05, 3.63) is 0 Å². The van der Waals surface area contributed by atoms with E-state index in [0.717, 1.165) is 0 Å². The summed E-state index contributed by atoms with van der Waals surface area (Å²) in [5.41, 5.74) is 16.6. The van der Waals surface area contributed by atoms with Gasteiger partial charge in [0.1, 0.15) is 54.4 Å². The Morgan fingerprint density at radius 2 is 1.07 bits per heavy atom. The minimum Gasteiger partial charge on any atom is -0.480 e. The number of aliphatic hydroxyl groups excluding tert-OH is 1. The molecule has 2 aliphatic heterocycles. The number of guanidine groups is 1. The number of nitrogens with two attached hydrogens (primary N) is 3. The summed E-state index contributed by atoms with van der Waals surface area (Å²) < 4.78 is 0. The van der Waals surface area contributed by atoms with Crippen molar-refractivity contribution in [1.82, 2.24) is 47.0 Å². The molecule has 0 aromatic carbocycles. The number of nitrogens with zero attached hydrogens (tertiary/aromatic N) is 3. The summed E-state index contributed by atoms with van der Waals surface area (Å²) in [4.78, 5) is 142. The number of thiol groups is 2. The monoisotopic (exact) mass is 1100 g/mol. The van der Waals surface area contributed by atoms with Crippen LogP contribution in [0.4, 0.5) is 0 Å². The second-order valence-electron chi connectivity index (χ2n) is 19.5. The molecule has 0 unspecified atom stereocenters. The number of likely N-dealkylation sites (tertiary alicyclic amines) is 2. The Bertz CT molecular complexity index is 1980. The Morgan fingerprint density at radius 3 is 1.51 bits per heavy atom. The summed E-state index contributed by atoms with van der Waals surface area (Å²) >= 11 is 9.58. The van der Waals surface area contributed by atoms with Crippen molar-refractivity contribution in [1.29, 1.82) is 0 Å². The van der Waals surface area contributed by atoms with Gasteiger partial charge in [-0.25, -0.2) is 4.79 Å². The molecule has 9 amide bonds. The maximum absolute atomic E-state index is 14.5. The summed E-state index contributed by atoms with van der Waals surface area (Å²) in [6.45, 7) is 10.3. The quantitative estimate of drug-likeness (QED) is 0.0142. The summed E-state index contributed by atoms with van der Waals surface area (Å²) in [6.07, 6.45) is 2.11. The Balaban J connectivity index is 2.34. The number of rotatable bonds is 31. The Hall–Kier alpha value is -5.06. The first-order chi connectivity index (χ1) is 34.8. The van der Waals surface area contributed by atoms with Gasteiger partial charge in [0.25, 0.3) is 0 Å². The second kappa shape index (κ2) is 32.4. The van der Waals surface area contributed by atoms with E-state index in [1.807, 2.05) is 6.26 Å². The van der Waals surface area contributed by atoms with Gasteiger partial charge in [0.2, 0.25) is 53.2 Å². The highest BCUT2D eigenvalue weighted by Crippen LogP contribution is 2.23. The highest BCUT2D eigenvalue weighted by atomic mass is 32.2. The van der Waals surface area contributed by atoms with E-state index in [2.05, 4.69) is 67.5 Å². The van der Waals surface area contributed by atoms with Gasteiger partial charge in [0.15, 0.2) is 5.96 Å². The lowest BCUT2D eigenvalue weighted by molar-refractivity contribution is -0.146. The number of aliphatic carboxylic acids is 1. The SMILES string of the molecule is CSCC[C@H](NC(=O)[C@@H]1CCCN1C(=O)[C@@H](NC(=O)[C@H](CC(C)C)NC(=O)[C@H](CS)NC(=O)[C@H](C)N)[C@@H](C)O)C(=O)N1CCC[C@H]1C(=O)N[C@@H](CCCN=C(N)N)C(=O)N[C@@H](CC(C)C)C(=O)N[C@@H](CS)C(=O)O. The van der Waals surface area contributed by atoms with Gasteiger partial charge in [-0.1, -0.05) is 27.7 Å². The normalized spacial score (nSPS) is 19.1. The molecule has 2 aliphatic rings. The number of aliphatic imine (C=N–C) groups is 1. The molecular formula is C46H81N13O12S3. The fraction of sp³-hybridized carbons (Fsp3) is 0.761. The lowest BCUT2D eigenvalue weighted by atomic mass is 10.0. The van der Waals surface area contributed by atoms with E-state index in [9.17, 15) is 58.2 Å². The highest BCUT2D eigenvalue weighted by Gasteiger charge is 2.43. The van der Waals surface area contributed by atoms with Crippen LogP contribution >= 0.6 is 37.0 Å². The lowest BCUT2D eigenvalue weighted by Gasteiger charge is -2.33. The van der Waals surface area contributed by atoms with Crippen LogP contribution < -0.4 is 54.4 Å². The third-order valence-corrected chi connectivity index (χ3v) is 13.6. The highest BCUT2D eigenvalue weighted by molar-refractivity contribution is 7.98. The number of amides is 9. The third-order valence-electron chi connectivity index (χ3n) is 12.2. The second-order valence-corrected chi connectivity index (χ2v) is 21.2. The molecule has 2 rings (SSSR count). The van der Waals surface area contributed by atoms with Crippen LogP contribution in [0.3, 0.4) is 0 Å². The molecule has 0 saturated carbocycles. The van der Waals surface area contributed by atoms with Crippen LogP contribution in [0.1, 0.15) is 99.3 Å². The van der Waals surface area contributed by atoms with Gasteiger partial charge in [-0.2, -0.15) is 37.0 Å². The topological polar surface area (TPSA) is 392 Å². The average Bonchev–Trinajstić information content (AvgIpc) is 4.03. The molecule has 15 N–H and O–H groups in total. The van der Waals surface area contributed by atoms with E-state index in [1.165, 1.54) is 35.4 Å². The summed E-state index contributed by atoms with van der Waals surface area (Å²) in [5.74, 6) is -8.04. The molecule has 0 aliphatic carbocycles. The summed E-state index contributed by atoms with van der Waals surface area (Å²) in [6, 6.07) is -11.9. The van der Waals surface area contributed by atoms with Crippen molar-refractivity contribution in [2.45, 2.75) is 166 Å². The largest absolute Gasteiger partial charge is 0.480 e. The summed E-state index contributed by atoms with van der Waals surface area (Å²) in [5, 5.41) is 38.6. The average molecular weight is 1100 g/mol. The molecule has 2 heterocycles. The molecule has 25 nitrogen and oxygen atoms in total. The summed E-state index contributed by atoms with van der Waals surface area (Å²) in [7, 11) is 0. The maximum Gasteiger partial charge on any atom is 0.327 e. The van der Waals surface area contributed by atoms with E-state index < -0.39 is 126 Å². The smallest absolute Gasteiger partial charge is 0.327 e. The number of carbonyl (C=O) groups excluding carboxylic acids is 9. The van der Waals surface area contributed by atoms with Crippen molar-refractivity contribution >= 4 is 102 Å². The minimum absolute atomic E-state index is 0.00389. The number of aliphatic hydroxyl groups is 1. The predicted octanol–water partition coefficient (Wildman–Crippen LogP) is -3.07. The number of thioether (sulfide) groups is 1. The van der Waals surface area contributed by atoms with E-state index >= 15 is 0 Å². The molecule has 11 atom stereocenters. The van der Waals surface area contributed by atoms with Crippen LogP contribution in [0.2, 0.25) is 0 Å². The van der Waals surface area contributed by atoms with Crippen molar-refractivity contribution in [2.24, 2.45) is 34.0 Å². The molecule has 2 fully saturated rings. The van der Waals surface area contributed by atoms with E-state index in [-0.39, 0.29) is 93.9 Å². The maximum atomic E-state index is 14.5. The van der Waals surface area contributed by atoms with Crippen LogP contribution in [0.15, 0.2) is 4.99 Å². The Kier molecular flexibility index (Phi) is 28.5. The molecule has 0 aromatic rings. The first-order valence-electron chi connectivity index (χ1n) is 24.9. The molecular weight excluding hydrogens is 1020 g/mol. The number of nitrogens with one attached hydrogen (secondary N) is 7. The fourth-order valence-corrected chi connectivity index (χ4v) is 9.31. The fourth-order valence-electron chi connectivity index (χ4n) is 8.33. The molecule has 2 saturated heterocycles. The van der Waals surface area contributed by atoms with E-state index in [1.54, 1.807) is 27.7 Å².